The van der Waals surface area contributed by atoms with E-state index in [0.717, 1.165) is 10.6 Å². The lowest BCUT2D eigenvalue weighted by atomic mass is 10.2. The van der Waals surface area contributed by atoms with E-state index in [0.29, 0.717) is 24.4 Å². The van der Waals surface area contributed by atoms with Crippen molar-refractivity contribution < 1.29 is 8.42 Å². The molecule has 0 saturated heterocycles. The maximum Gasteiger partial charge on any atom is 0.243 e. The van der Waals surface area contributed by atoms with Crippen LogP contribution in [0.5, 0.6) is 0 Å². The Morgan fingerprint density at radius 3 is 2.78 bits per heavy atom. The van der Waals surface area contributed by atoms with E-state index in [2.05, 4.69) is 4.98 Å². The number of thiazole rings is 1. The summed E-state index contributed by atoms with van der Waals surface area (Å²) < 4.78 is 26.4. The first-order valence-corrected chi connectivity index (χ1v) is 7.96. The van der Waals surface area contributed by atoms with E-state index >= 15 is 0 Å². The Morgan fingerprint density at radius 2 is 2.00 bits per heavy atom. The van der Waals surface area contributed by atoms with E-state index in [9.17, 15) is 8.42 Å². The van der Waals surface area contributed by atoms with Gasteiger partial charge in [-0.1, -0.05) is 18.2 Å². The molecule has 1 aromatic carbocycles. The highest BCUT2D eigenvalue weighted by atomic mass is 32.2. The van der Waals surface area contributed by atoms with E-state index in [4.69, 9.17) is 0 Å². The Balaban J connectivity index is 1.93. The number of aromatic nitrogens is 1. The van der Waals surface area contributed by atoms with Gasteiger partial charge in [-0.05, 0) is 12.1 Å². The summed E-state index contributed by atoms with van der Waals surface area (Å²) in [5, 5.41) is 0. The molecule has 4 nitrogen and oxygen atoms in total. The van der Waals surface area contributed by atoms with Crippen LogP contribution in [0.4, 0.5) is 0 Å². The second kappa shape index (κ2) is 4.46. The fraction of sp³-hybridized carbons (Fsp3) is 0.250. The third kappa shape index (κ3) is 1.96. The molecule has 1 aliphatic rings. The summed E-state index contributed by atoms with van der Waals surface area (Å²) in [6.45, 7) is 0.950. The Kier molecular flexibility index (Phi) is 2.93. The maximum atomic E-state index is 12.4. The molecule has 6 heteroatoms. The highest BCUT2D eigenvalue weighted by Crippen LogP contribution is 2.26. The van der Waals surface area contributed by atoms with Crippen molar-refractivity contribution >= 4 is 21.4 Å². The summed E-state index contributed by atoms with van der Waals surface area (Å²) in [5.74, 6) is 0. The van der Waals surface area contributed by atoms with Crippen LogP contribution in [0.3, 0.4) is 0 Å². The molecular formula is C12H12N2O2S2. The van der Waals surface area contributed by atoms with Gasteiger partial charge in [-0.3, -0.25) is 0 Å². The Hall–Kier alpha value is -1.24. The first-order chi connectivity index (χ1) is 8.68. The molecule has 0 radical (unpaired) electrons. The molecule has 1 aromatic heterocycles. The average Bonchev–Trinajstić information content (AvgIpc) is 2.87. The molecule has 94 valence electrons. The maximum absolute atomic E-state index is 12.4. The fourth-order valence-electron chi connectivity index (χ4n) is 2.04. The van der Waals surface area contributed by atoms with Gasteiger partial charge in [0.1, 0.15) is 0 Å². The molecule has 1 aliphatic heterocycles. The molecule has 2 aromatic rings. The molecule has 0 bridgehead atoms. The molecule has 2 heterocycles. The van der Waals surface area contributed by atoms with Crippen LogP contribution in [-0.4, -0.2) is 24.3 Å². The summed E-state index contributed by atoms with van der Waals surface area (Å²) >= 11 is 1.52. The van der Waals surface area contributed by atoms with Crippen molar-refractivity contribution in [3.8, 4) is 0 Å². The Bertz CT molecular complexity index is 650. The Morgan fingerprint density at radius 1 is 1.22 bits per heavy atom. The molecule has 0 amide bonds. The third-order valence-electron chi connectivity index (χ3n) is 3.02. The van der Waals surface area contributed by atoms with E-state index in [1.807, 2.05) is 6.07 Å². The number of hydrogen-bond acceptors (Lipinski definition) is 4. The van der Waals surface area contributed by atoms with Gasteiger partial charge >= 0.3 is 0 Å². The summed E-state index contributed by atoms with van der Waals surface area (Å²) in [6.07, 6.45) is 0.699. The quantitative estimate of drug-likeness (QED) is 0.844. The number of sulfonamides is 1. The molecule has 0 N–H and O–H groups in total. The van der Waals surface area contributed by atoms with Crippen LogP contribution < -0.4 is 0 Å². The highest BCUT2D eigenvalue weighted by Gasteiger charge is 2.29. The largest absolute Gasteiger partial charge is 0.249 e. The predicted molar refractivity (Wildman–Crippen MR) is 69.9 cm³/mol. The zero-order chi connectivity index (χ0) is 12.6. The van der Waals surface area contributed by atoms with E-state index in [1.165, 1.54) is 15.6 Å². The van der Waals surface area contributed by atoms with Crippen LogP contribution in [0.15, 0.2) is 40.7 Å². The first-order valence-electron chi connectivity index (χ1n) is 5.64. The number of benzene rings is 1. The average molecular weight is 280 g/mol. The van der Waals surface area contributed by atoms with Crippen LogP contribution in [0, 0.1) is 0 Å². The third-order valence-corrected chi connectivity index (χ3v) is 5.74. The van der Waals surface area contributed by atoms with Crippen molar-refractivity contribution in [2.45, 2.75) is 17.9 Å². The van der Waals surface area contributed by atoms with E-state index < -0.39 is 10.0 Å². The minimum atomic E-state index is -3.37. The van der Waals surface area contributed by atoms with Crippen LogP contribution in [-0.2, 0) is 23.0 Å². The molecule has 0 saturated carbocycles. The minimum Gasteiger partial charge on any atom is -0.249 e. The summed E-state index contributed by atoms with van der Waals surface area (Å²) in [5.41, 5.74) is 2.82. The van der Waals surface area contributed by atoms with Gasteiger partial charge in [-0.15, -0.1) is 11.3 Å². The SMILES string of the molecule is O=S(=O)(c1ccccc1)N1CCc2ncsc2C1. The minimum absolute atomic E-state index is 0.359. The smallest absolute Gasteiger partial charge is 0.243 e. The van der Waals surface area contributed by atoms with Crippen molar-refractivity contribution in [2.75, 3.05) is 6.54 Å². The van der Waals surface area contributed by atoms with Gasteiger partial charge in [0.05, 0.1) is 22.6 Å². The zero-order valence-corrected chi connectivity index (χ0v) is 11.2. The van der Waals surface area contributed by atoms with E-state index in [-0.39, 0.29) is 0 Å². The topological polar surface area (TPSA) is 50.3 Å². The molecule has 18 heavy (non-hydrogen) atoms. The van der Waals surface area contributed by atoms with Gasteiger partial charge in [0.15, 0.2) is 0 Å². The standard InChI is InChI=1S/C12H12N2O2S2/c15-18(16,10-4-2-1-3-5-10)14-7-6-11-12(8-14)17-9-13-11/h1-5,9H,6-8H2. The second-order valence-electron chi connectivity index (χ2n) is 4.12. The van der Waals surface area contributed by atoms with Crippen LogP contribution in [0.2, 0.25) is 0 Å². The normalized spacial score (nSPS) is 16.4. The van der Waals surface area contributed by atoms with Gasteiger partial charge in [0.25, 0.3) is 0 Å². The van der Waals surface area contributed by atoms with Crippen molar-refractivity contribution in [1.82, 2.24) is 9.29 Å². The van der Waals surface area contributed by atoms with Gasteiger partial charge in [-0.25, -0.2) is 13.4 Å². The highest BCUT2D eigenvalue weighted by molar-refractivity contribution is 7.89. The molecule has 3 rings (SSSR count). The lowest BCUT2D eigenvalue weighted by Gasteiger charge is -2.25. The number of fused-ring (bicyclic) bond motifs is 1. The number of hydrogen-bond donors (Lipinski definition) is 0. The Labute approximate surface area is 110 Å². The lowest BCUT2D eigenvalue weighted by molar-refractivity contribution is 0.393. The first kappa shape index (κ1) is 11.8. The second-order valence-corrected chi connectivity index (χ2v) is 7.00. The summed E-state index contributed by atoms with van der Waals surface area (Å²) in [6, 6.07) is 8.58. The van der Waals surface area contributed by atoms with Crippen molar-refractivity contribution in [2.24, 2.45) is 0 Å². The van der Waals surface area contributed by atoms with Crippen LogP contribution >= 0.6 is 11.3 Å². The summed E-state index contributed by atoms with van der Waals surface area (Å²) in [4.78, 5) is 5.66. The monoisotopic (exact) mass is 280 g/mol. The lowest BCUT2D eigenvalue weighted by Crippen LogP contribution is -2.35. The molecule has 0 fully saturated rings. The zero-order valence-electron chi connectivity index (χ0n) is 9.61. The van der Waals surface area contributed by atoms with Crippen molar-refractivity contribution in [1.29, 1.82) is 0 Å². The van der Waals surface area contributed by atoms with Crippen molar-refractivity contribution in [3.05, 3.63) is 46.4 Å². The van der Waals surface area contributed by atoms with E-state index in [1.54, 1.807) is 29.8 Å². The predicted octanol–water partition coefficient (Wildman–Crippen LogP) is 1.89. The fourth-order valence-corrected chi connectivity index (χ4v) is 4.38. The van der Waals surface area contributed by atoms with Crippen LogP contribution in [0.1, 0.15) is 10.6 Å². The molecule has 0 spiro atoms. The molecule has 0 atom stereocenters. The van der Waals surface area contributed by atoms with Crippen molar-refractivity contribution in [3.63, 3.8) is 0 Å². The van der Waals surface area contributed by atoms with Gasteiger partial charge in [-0.2, -0.15) is 4.31 Å². The summed E-state index contributed by atoms with van der Waals surface area (Å²) in [7, 11) is -3.37. The number of rotatable bonds is 2. The van der Waals surface area contributed by atoms with Gasteiger partial charge < -0.3 is 0 Å². The van der Waals surface area contributed by atoms with Gasteiger partial charge in [0.2, 0.25) is 10.0 Å². The van der Waals surface area contributed by atoms with Crippen LogP contribution in [0.25, 0.3) is 0 Å². The molecule has 0 unspecified atom stereocenters. The number of nitrogens with zero attached hydrogens (tertiary/aromatic N) is 2. The molecule has 0 aliphatic carbocycles. The molecular weight excluding hydrogens is 268 g/mol. The van der Waals surface area contributed by atoms with Gasteiger partial charge in [0, 0.05) is 17.8 Å².